The highest BCUT2D eigenvalue weighted by Crippen LogP contribution is 2.26. The molecule has 26 heavy (non-hydrogen) atoms. The number of methoxy groups -OCH3 is 1. The summed E-state index contributed by atoms with van der Waals surface area (Å²) in [6, 6.07) is 13.1. The highest BCUT2D eigenvalue weighted by atomic mass is 79.9. The number of ether oxygens (including phenoxy) is 1. The quantitative estimate of drug-likeness (QED) is 0.599. The van der Waals surface area contributed by atoms with E-state index >= 15 is 0 Å². The third-order valence-corrected chi connectivity index (χ3v) is 4.96. The van der Waals surface area contributed by atoms with Gasteiger partial charge in [0.2, 0.25) is 11.1 Å². The number of rotatable bonds is 6. The van der Waals surface area contributed by atoms with E-state index in [-0.39, 0.29) is 11.7 Å². The Morgan fingerprint density at radius 3 is 2.88 bits per heavy atom. The van der Waals surface area contributed by atoms with Crippen LogP contribution in [0.3, 0.4) is 0 Å². The van der Waals surface area contributed by atoms with Gasteiger partial charge >= 0.3 is 0 Å². The number of aromatic nitrogens is 4. The van der Waals surface area contributed by atoms with Crippen LogP contribution in [0.2, 0.25) is 0 Å². The maximum absolute atomic E-state index is 12.3. The zero-order chi connectivity index (χ0) is 18.5. The summed E-state index contributed by atoms with van der Waals surface area (Å²) in [4.78, 5) is 12.3. The third-order valence-electron chi connectivity index (χ3n) is 3.55. The Kier molecular flexibility index (Phi) is 5.89. The lowest BCUT2D eigenvalue weighted by atomic mass is 10.2. The lowest BCUT2D eigenvalue weighted by Gasteiger charge is -2.10. The van der Waals surface area contributed by atoms with Crippen LogP contribution in [0.25, 0.3) is 5.69 Å². The van der Waals surface area contributed by atoms with E-state index < -0.39 is 0 Å². The molecule has 0 fully saturated rings. The summed E-state index contributed by atoms with van der Waals surface area (Å²) in [5, 5.41) is 15.1. The lowest BCUT2D eigenvalue weighted by molar-refractivity contribution is -0.113. The monoisotopic (exact) mass is 433 g/mol. The van der Waals surface area contributed by atoms with Gasteiger partial charge in [0, 0.05) is 10.2 Å². The predicted octanol–water partition coefficient (Wildman–Crippen LogP) is 3.47. The number of aryl methyl sites for hydroxylation is 1. The summed E-state index contributed by atoms with van der Waals surface area (Å²) in [6.45, 7) is 1.94. The van der Waals surface area contributed by atoms with Gasteiger partial charge in [0.25, 0.3) is 0 Å². The van der Waals surface area contributed by atoms with Gasteiger partial charge in [-0.3, -0.25) is 4.79 Å². The number of anilines is 1. The summed E-state index contributed by atoms with van der Waals surface area (Å²) >= 11 is 4.66. The maximum atomic E-state index is 12.3. The zero-order valence-electron chi connectivity index (χ0n) is 14.1. The van der Waals surface area contributed by atoms with E-state index in [0.717, 1.165) is 15.7 Å². The van der Waals surface area contributed by atoms with E-state index in [1.807, 2.05) is 49.4 Å². The molecule has 0 aliphatic carbocycles. The highest BCUT2D eigenvalue weighted by Gasteiger charge is 2.15. The predicted molar refractivity (Wildman–Crippen MR) is 104 cm³/mol. The molecule has 0 saturated carbocycles. The fourth-order valence-electron chi connectivity index (χ4n) is 2.31. The van der Waals surface area contributed by atoms with Crippen LogP contribution >= 0.6 is 27.7 Å². The first-order valence-corrected chi connectivity index (χ1v) is 9.47. The minimum atomic E-state index is -0.130. The van der Waals surface area contributed by atoms with Crippen molar-refractivity contribution in [2.45, 2.75) is 12.1 Å². The normalized spacial score (nSPS) is 10.6. The number of halogens is 1. The van der Waals surface area contributed by atoms with Crippen molar-refractivity contribution in [1.82, 2.24) is 20.2 Å². The SMILES string of the molecule is COc1ccccc1-n1nnnc1SCC(=O)Nc1ccc(Br)cc1C. The van der Waals surface area contributed by atoms with Crippen LogP contribution in [0, 0.1) is 6.92 Å². The Bertz CT molecular complexity index is 931. The molecule has 0 unspecified atom stereocenters. The fraction of sp³-hybridized carbons (Fsp3) is 0.176. The van der Waals surface area contributed by atoms with Gasteiger partial charge in [0.1, 0.15) is 11.4 Å². The second-order valence-electron chi connectivity index (χ2n) is 5.34. The Labute approximate surface area is 163 Å². The Morgan fingerprint density at radius 2 is 2.12 bits per heavy atom. The number of tetrazole rings is 1. The lowest BCUT2D eigenvalue weighted by Crippen LogP contribution is -2.15. The summed E-state index contributed by atoms with van der Waals surface area (Å²) in [5.41, 5.74) is 2.48. The number of para-hydroxylation sites is 2. The molecule has 0 spiro atoms. The van der Waals surface area contributed by atoms with Crippen molar-refractivity contribution in [3.05, 3.63) is 52.5 Å². The highest BCUT2D eigenvalue weighted by molar-refractivity contribution is 9.10. The first kappa shape index (κ1) is 18.4. The van der Waals surface area contributed by atoms with Crippen LogP contribution in [0.1, 0.15) is 5.56 Å². The Hall–Kier alpha value is -2.39. The molecule has 2 aromatic carbocycles. The van der Waals surface area contributed by atoms with E-state index in [0.29, 0.717) is 16.6 Å². The molecule has 1 amide bonds. The minimum Gasteiger partial charge on any atom is -0.494 e. The fourth-order valence-corrected chi connectivity index (χ4v) is 3.47. The van der Waals surface area contributed by atoms with Gasteiger partial charge in [-0.15, -0.1) is 5.10 Å². The molecule has 1 heterocycles. The van der Waals surface area contributed by atoms with Crippen molar-refractivity contribution in [3.8, 4) is 11.4 Å². The van der Waals surface area contributed by atoms with Gasteiger partial charge in [-0.25, -0.2) is 0 Å². The number of carbonyl (C=O) groups excluding carboxylic acids is 1. The molecule has 0 bridgehead atoms. The second kappa shape index (κ2) is 8.33. The average molecular weight is 434 g/mol. The molecule has 1 aromatic heterocycles. The van der Waals surface area contributed by atoms with Gasteiger partial charge in [-0.1, -0.05) is 39.8 Å². The van der Waals surface area contributed by atoms with Crippen molar-refractivity contribution in [2.24, 2.45) is 0 Å². The summed E-state index contributed by atoms with van der Waals surface area (Å²) in [6.07, 6.45) is 0. The van der Waals surface area contributed by atoms with Crippen LogP contribution in [-0.4, -0.2) is 39.0 Å². The number of nitrogens with zero attached hydrogens (tertiary/aromatic N) is 4. The summed E-state index contributed by atoms with van der Waals surface area (Å²) < 4.78 is 7.87. The molecule has 7 nitrogen and oxygen atoms in total. The topological polar surface area (TPSA) is 81.9 Å². The van der Waals surface area contributed by atoms with Crippen molar-refractivity contribution in [2.75, 3.05) is 18.2 Å². The molecule has 0 radical (unpaired) electrons. The van der Waals surface area contributed by atoms with Gasteiger partial charge < -0.3 is 10.1 Å². The number of thioether (sulfide) groups is 1. The molecule has 3 rings (SSSR count). The molecule has 3 aromatic rings. The molecule has 1 N–H and O–H groups in total. The van der Waals surface area contributed by atoms with Gasteiger partial charge in [-0.05, 0) is 53.2 Å². The van der Waals surface area contributed by atoms with Crippen molar-refractivity contribution in [1.29, 1.82) is 0 Å². The van der Waals surface area contributed by atoms with Gasteiger partial charge in [0.05, 0.1) is 12.9 Å². The molecule has 134 valence electrons. The Balaban J connectivity index is 1.69. The molecule has 0 atom stereocenters. The maximum Gasteiger partial charge on any atom is 0.234 e. The van der Waals surface area contributed by atoms with E-state index in [4.69, 9.17) is 4.74 Å². The van der Waals surface area contributed by atoms with Crippen molar-refractivity contribution >= 4 is 39.3 Å². The summed E-state index contributed by atoms with van der Waals surface area (Å²) in [7, 11) is 1.59. The van der Waals surface area contributed by atoms with E-state index in [2.05, 4.69) is 36.8 Å². The van der Waals surface area contributed by atoms with Crippen LogP contribution in [0.5, 0.6) is 5.75 Å². The molecule has 0 aliphatic heterocycles. The van der Waals surface area contributed by atoms with Crippen LogP contribution in [0.15, 0.2) is 52.1 Å². The number of carbonyl (C=O) groups is 1. The van der Waals surface area contributed by atoms with Crippen molar-refractivity contribution < 1.29 is 9.53 Å². The van der Waals surface area contributed by atoms with Crippen molar-refractivity contribution in [3.63, 3.8) is 0 Å². The molecule has 0 saturated heterocycles. The van der Waals surface area contributed by atoms with Crippen LogP contribution in [0.4, 0.5) is 5.69 Å². The van der Waals surface area contributed by atoms with E-state index in [1.165, 1.54) is 11.8 Å². The van der Waals surface area contributed by atoms with E-state index in [1.54, 1.807) is 11.8 Å². The van der Waals surface area contributed by atoms with Crippen LogP contribution in [-0.2, 0) is 4.79 Å². The molecule has 9 heteroatoms. The minimum absolute atomic E-state index is 0.130. The number of benzene rings is 2. The van der Waals surface area contributed by atoms with Crippen LogP contribution < -0.4 is 10.1 Å². The largest absolute Gasteiger partial charge is 0.494 e. The number of hydrogen-bond donors (Lipinski definition) is 1. The first-order chi connectivity index (χ1) is 12.6. The molecular formula is C17H16BrN5O2S. The molecule has 0 aliphatic rings. The molecular weight excluding hydrogens is 418 g/mol. The second-order valence-corrected chi connectivity index (χ2v) is 7.20. The smallest absolute Gasteiger partial charge is 0.234 e. The van der Waals surface area contributed by atoms with E-state index in [9.17, 15) is 4.79 Å². The number of hydrogen-bond acceptors (Lipinski definition) is 6. The third kappa shape index (κ3) is 4.23. The zero-order valence-corrected chi connectivity index (χ0v) is 16.5. The van der Waals surface area contributed by atoms with Gasteiger partial charge in [0.15, 0.2) is 0 Å². The number of nitrogens with one attached hydrogen (secondary N) is 1. The number of amides is 1. The first-order valence-electron chi connectivity index (χ1n) is 7.69. The summed E-state index contributed by atoms with van der Waals surface area (Å²) in [5.74, 6) is 0.706. The standard InChI is InChI=1S/C17H16BrN5O2S/c1-11-9-12(18)7-8-13(11)19-16(24)10-26-17-20-21-22-23(17)14-5-3-4-6-15(14)25-2/h3-9H,10H2,1-2H3,(H,19,24). The Morgan fingerprint density at radius 1 is 1.31 bits per heavy atom. The van der Waals surface area contributed by atoms with Gasteiger partial charge in [-0.2, -0.15) is 4.68 Å². The average Bonchev–Trinajstić information content (AvgIpc) is 3.10.